The van der Waals surface area contributed by atoms with E-state index >= 15 is 0 Å². The van der Waals surface area contributed by atoms with E-state index in [1.807, 2.05) is 0 Å². The molecule has 1 nitrogen and oxygen atoms in total. The first kappa shape index (κ1) is 16.2. The van der Waals surface area contributed by atoms with E-state index in [1.165, 1.54) is 28.7 Å². The van der Waals surface area contributed by atoms with Gasteiger partial charge in [0.25, 0.3) is 0 Å². The van der Waals surface area contributed by atoms with Gasteiger partial charge >= 0.3 is 0 Å². The highest BCUT2D eigenvalue weighted by Crippen LogP contribution is 2.31. The van der Waals surface area contributed by atoms with Crippen LogP contribution in [0.2, 0.25) is 0 Å². The zero-order valence-corrected chi connectivity index (χ0v) is 13.8. The molecule has 0 aliphatic carbocycles. The maximum absolute atomic E-state index is 6.47. The fourth-order valence-electron chi connectivity index (χ4n) is 3.46. The number of nitrogens with two attached hydrogens (primary N) is 1. The van der Waals surface area contributed by atoms with Gasteiger partial charge in [-0.05, 0) is 61.6 Å². The summed E-state index contributed by atoms with van der Waals surface area (Å²) in [6.07, 6.45) is 2.30. The van der Waals surface area contributed by atoms with Crippen molar-refractivity contribution in [3.8, 4) is 0 Å². The molecule has 0 aliphatic rings. The molecule has 0 fully saturated rings. The standard InChI is InChI=1S/C18H31N/c1-12-8-14(3)17(15(4)9-12)16(19)10-13(2)11-18(5,6)7/h8-9,13,16H,10-11,19H2,1-7H3. The van der Waals surface area contributed by atoms with Crippen molar-refractivity contribution in [2.75, 3.05) is 0 Å². The molecule has 1 rings (SSSR count). The molecule has 0 saturated carbocycles. The van der Waals surface area contributed by atoms with Crippen molar-refractivity contribution in [3.63, 3.8) is 0 Å². The summed E-state index contributed by atoms with van der Waals surface area (Å²) in [5, 5.41) is 0. The Kier molecular flexibility index (Phi) is 5.20. The van der Waals surface area contributed by atoms with Crippen LogP contribution < -0.4 is 5.73 Å². The summed E-state index contributed by atoms with van der Waals surface area (Å²) in [5.74, 6) is 0.662. The van der Waals surface area contributed by atoms with Crippen LogP contribution in [0.3, 0.4) is 0 Å². The SMILES string of the molecule is Cc1cc(C)c(C(N)CC(C)CC(C)(C)C)c(C)c1. The molecule has 2 N–H and O–H groups in total. The van der Waals surface area contributed by atoms with Gasteiger partial charge in [0.15, 0.2) is 0 Å². The van der Waals surface area contributed by atoms with Gasteiger partial charge in [-0.25, -0.2) is 0 Å². The Morgan fingerprint density at radius 1 is 1.05 bits per heavy atom. The van der Waals surface area contributed by atoms with Crippen molar-refractivity contribution >= 4 is 0 Å². The van der Waals surface area contributed by atoms with Crippen LogP contribution in [0.4, 0.5) is 0 Å². The van der Waals surface area contributed by atoms with Crippen LogP contribution in [0.15, 0.2) is 12.1 Å². The summed E-state index contributed by atoms with van der Waals surface area (Å²) in [6.45, 7) is 15.8. The zero-order valence-electron chi connectivity index (χ0n) is 13.8. The van der Waals surface area contributed by atoms with Gasteiger partial charge in [-0.15, -0.1) is 0 Å². The van der Waals surface area contributed by atoms with Gasteiger partial charge < -0.3 is 5.73 Å². The number of rotatable bonds is 4. The molecule has 0 aromatic heterocycles. The second kappa shape index (κ2) is 6.09. The van der Waals surface area contributed by atoms with Crippen molar-refractivity contribution < 1.29 is 0 Å². The Labute approximate surface area is 119 Å². The Morgan fingerprint density at radius 3 is 1.95 bits per heavy atom. The van der Waals surface area contributed by atoms with E-state index in [2.05, 4.69) is 60.6 Å². The fraction of sp³-hybridized carbons (Fsp3) is 0.667. The smallest absolute Gasteiger partial charge is 0.0302 e. The average molecular weight is 261 g/mol. The van der Waals surface area contributed by atoms with Crippen LogP contribution in [0.5, 0.6) is 0 Å². The van der Waals surface area contributed by atoms with Crippen LogP contribution in [-0.2, 0) is 0 Å². The largest absolute Gasteiger partial charge is 0.324 e. The third-order valence-corrected chi connectivity index (χ3v) is 3.73. The lowest BCUT2D eigenvalue weighted by atomic mass is 9.81. The molecular weight excluding hydrogens is 230 g/mol. The van der Waals surface area contributed by atoms with Gasteiger partial charge in [0.05, 0.1) is 0 Å². The van der Waals surface area contributed by atoms with E-state index in [0.29, 0.717) is 11.3 Å². The van der Waals surface area contributed by atoms with Crippen LogP contribution in [0, 0.1) is 32.1 Å². The summed E-state index contributed by atoms with van der Waals surface area (Å²) >= 11 is 0. The van der Waals surface area contributed by atoms with Crippen LogP contribution in [-0.4, -0.2) is 0 Å². The number of hydrogen-bond acceptors (Lipinski definition) is 1. The van der Waals surface area contributed by atoms with Gasteiger partial charge in [0.2, 0.25) is 0 Å². The maximum atomic E-state index is 6.47. The molecule has 0 saturated heterocycles. The normalized spacial score (nSPS) is 15.4. The number of aryl methyl sites for hydroxylation is 3. The Hall–Kier alpha value is -0.820. The molecule has 19 heavy (non-hydrogen) atoms. The van der Waals surface area contributed by atoms with Crippen LogP contribution in [0.1, 0.15) is 68.8 Å². The van der Waals surface area contributed by atoms with E-state index in [9.17, 15) is 0 Å². The van der Waals surface area contributed by atoms with Crippen LogP contribution >= 0.6 is 0 Å². The zero-order chi connectivity index (χ0) is 14.8. The van der Waals surface area contributed by atoms with E-state index in [1.54, 1.807) is 0 Å². The quantitative estimate of drug-likeness (QED) is 0.804. The molecule has 108 valence electrons. The first-order chi connectivity index (χ1) is 8.60. The van der Waals surface area contributed by atoms with Gasteiger partial charge in [-0.1, -0.05) is 45.4 Å². The summed E-state index contributed by atoms with van der Waals surface area (Å²) in [4.78, 5) is 0. The summed E-state index contributed by atoms with van der Waals surface area (Å²) < 4.78 is 0. The van der Waals surface area contributed by atoms with Gasteiger partial charge in [-0.2, -0.15) is 0 Å². The molecule has 1 aromatic carbocycles. The molecule has 1 heteroatoms. The highest BCUT2D eigenvalue weighted by Gasteiger charge is 2.20. The lowest BCUT2D eigenvalue weighted by molar-refractivity contribution is 0.286. The van der Waals surface area contributed by atoms with Gasteiger partial charge in [0.1, 0.15) is 0 Å². The molecule has 0 radical (unpaired) electrons. The maximum Gasteiger partial charge on any atom is 0.0302 e. The minimum atomic E-state index is 0.165. The minimum absolute atomic E-state index is 0.165. The van der Waals surface area contributed by atoms with Crippen LogP contribution in [0.25, 0.3) is 0 Å². The first-order valence-electron chi connectivity index (χ1n) is 7.43. The van der Waals surface area contributed by atoms with E-state index in [4.69, 9.17) is 5.73 Å². The van der Waals surface area contributed by atoms with E-state index in [0.717, 1.165) is 6.42 Å². The Bertz CT molecular complexity index is 403. The molecule has 0 bridgehead atoms. The summed E-state index contributed by atoms with van der Waals surface area (Å²) in [5.41, 5.74) is 12.2. The third-order valence-electron chi connectivity index (χ3n) is 3.73. The molecule has 0 spiro atoms. The minimum Gasteiger partial charge on any atom is -0.324 e. The number of benzene rings is 1. The molecule has 2 atom stereocenters. The lowest BCUT2D eigenvalue weighted by Crippen LogP contribution is -2.19. The predicted molar refractivity (Wildman–Crippen MR) is 85.4 cm³/mol. The highest BCUT2D eigenvalue weighted by atomic mass is 14.6. The first-order valence-corrected chi connectivity index (χ1v) is 7.43. The monoisotopic (exact) mass is 261 g/mol. The van der Waals surface area contributed by atoms with Crippen molar-refractivity contribution in [1.29, 1.82) is 0 Å². The second-order valence-corrected chi connectivity index (χ2v) is 7.52. The van der Waals surface area contributed by atoms with E-state index < -0.39 is 0 Å². The molecule has 2 unspecified atom stereocenters. The Balaban J connectivity index is 2.81. The topological polar surface area (TPSA) is 26.0 Å². The van der Waals surface area contributed by atoms with Gasteiger partial charge in [0, 0.05) is 6.04 Å². The highest BCUT2D eigenvalue weighted by molar-refractivity contribution is 5.39. The third kappa shape index (κ3) is 4.99. The van der Waals surface area contributed by atoms with Gasteiger partial charge in [-0.3, -0.25) is 0 Å². The van der Waals surface area contributed by atoms with Crippen molar-refractivity contribution in [2.45, 2.75) is 67.3 Å². The molecular formula is C18H31N. The summed E-state index contributed by atoms with van der Waals surface area (Å²) in [6, 6.07) is 4.66. The lowest BCUT2D eigenvalue weighted by Gasteiger charge is -2.26. The molecule has 0 amide bonds. The Morgan fingerprint density at radius 2 is 1.53 bits per heavy atom. The van der Waals surface area contributed by atoms with Crippen molar-refractivity contribution in [1.82, 2.24) is 0 Å². The van der Waals surface area contributed by atoms with Crippen molar-refractivity contribution in [2.24, 2.45) is 17.1 Å². The molecule has 0 heterocycles. The van der Waals surface area contributed by atoms with E-state index in [-0.39, 0.29) is 6.04 Å². The van der Waals surface area contributed by atoms with Crippen molar-refractivity contribution in [3.05, 3.63) is 34.4 Å². The molecule has 1 aromatic rings. The predicted octanol–water partition coefficient (Wildman–Crippen LogP) is 5.07. The summed E-state index contributed by atoms with van der Waals surface area (Å²) in [7, 11) is 0. The fourth-order valence-corrected chi connectivity index (χ4v) is 3.46. The average Bonchev–Trinajstić information content (AvgIpc) is 2.10. The number of hydrogen-bond donors (Lipinski definition) is 1. The molecule has 0 aliphatic heterocycles. The second-order valence-electron chi connectivity index (χ2n) is 7.52.